The van der Waals surface area contributed by atoms with E-state index in [1.165, 1.54) is 0 Å². The van der Waals surface area contributed by atoms with Crippen LogP contribution in [0.3, 0.4) is 0 Å². The highest BCUT2D eigenvalue weighted by Crippen LogP contribution is 2.30. The van der Waals surface area contributed by atoms with Crippen LogP contribution in [0.4, 0.5) is 4.79 Å². The number of primary amides is 1. The first-order valence-electron chi connectivity index (χ1n) is 10.3. The van der Waals surface area contributed by atoms with Crippen molar-refractivity contribution in [3.05, 3.63) is 0 Å². The van der Waals surface area contributed by atoms with Crippen molar-refractivity contribution in [2.45, 2.75) is 74.8 Å². The molecule has 0 aromatic carbocycles. The minimum atomic E-state index is -1.78. The summed E-state index contributed by atoms with van der Waals surface area (Å²) in [6, 6.07) is 0. The summed E-state index contributed by atoms with van der Waals surface area (Å²) >= 11 is 0. The van der Waals surface area contributed by atoms with E-state index in [0.29, 0.717) is 6.61 Å². The van der Waals surface area contributed by atoms with Gasteiger partial charge in [-0.3, -0.25) is 0 Å². The topological polar surface area (TPSA) is 220 Å². The van der Waals surface area contributed by atoms with Crippen molar-refractivity contribution in [1.82, 2.24) is 0 Å². The molecule has 8 N–H and O–H groups in total. The van der Waals surface area contributed by atoms with Gasteiger partial charge in [0.15, 0.2) is 18.7 Å². The summed E-state index contributed by atoms with van der Waals surface area (Å²) in [5.41, 5.74) is 4.97. The Morgan fingerprint density at radius 3 is 2.06 bits per heavy atom. The lowest BCUT2D eigenvalue weighted by molar-refractivity contribution is -0.367. The number of hydrogen-bond donors (Lipinski definition) is 7. The quantitative estimate of drug-likeness (QED) is 0.144. The van der Waals surface area contributed by atoms with Gasteiger partial charge in [-0.05, 0) is 6.42 Å². The number of amides is 1. The molecule has 1 amide bonds. The molecule has 2 fully saturated rings. The third kappa shape index (κ3) is 6.68. The number of aliphatic hydroxyl groups excluding tert-OH is 6. The summed E-state index contributed by atoms with van der Waals surface area (Å²) in [5.74, 6) is 0. The van der Waals surface area contributed by atoms with Crippen molar-refractivity contribution in [2.24, 2.45) is 5.73 Å². The van der Waals surface area contributed by atoms with Gasteiger partial charge in [-0.15, -0.1) is 0 Å². The number of carbonyl (C=O) groups is 1. The number of carbonyl (C=O) groups excluding carboxylic acids is 1. The van der Waals surface area contributed by atoms with Crippen molar-refractivity contribution >= 4 is 6.09 Å². The van der Waals surface area contributed by atoms with Gasteiger partial charge in [0.1, 0.15) is 42.7 Å². The van der Waals surface area contributed by atoms with Crippen LogP contribution in [0.5, 0.6) is 0 Å². The Balaban J connectivity index is 2.15. The normalized spacial score (nSPS) is 40.2. The van der Waals surface area contributed by atoms with E-state index >= 15 is 0 Å². The summed E-state index contributed by atoms with van der Waals surface area (Å²) in [5, 5.41) is 60.2. The maximum Gasteiger partial charge on any atom is 0.404 e. The molecule has 32 heavy (non-hydrogen) atoms. The summed E-state index contributed by atoms with van der Waals surface area (Å²) in [4.78, 5) is 11.1. The third-order valence-electron chi connectivity index (χ3n) is 5.05. The highest BCUT2D eigenvalue weighted by Gasteiger charge is 2.52. The maximum absolute atomic E-state index is 11.1. The van der Waals surface area contributed by atoms with Gasteiger partial charge < -0.3 is 64.8 Å². The Kier molecular flexibility index (Phi) is 10.9. The summed E-state index contributed by atoms with van der Waals surface area (Å²) in [6.45, 7) is 1.31. The van der Waals surface area contributed by atoms with E-state index in [9.17, 15) is 35.4 Å². The minimum Gasteiger partial charge on any atom is -0.441 e. The largest absolute Gasteiger partial charge is 0.441 e. The molecule has 0 radical (unpaired) electrons. The fourth-order valence-corrected chi connectivity index (χ4v) is 3.40. The van der Waals surface area contributed by atoms with E-state index in [1.807, 2.05) is 6.92 Å². The Hall–Kier alpha value is -1.17. The molecule has 2 heterocycles. The summed E-state index contributed by atoms with van der Waals surface area (Å²) in [7, 11) is 0. The van der Waals surface area contributed by atoms with Gasteiger partial charge in [0.05, 0.1) is 26.4 Å². The Labute approximate surface area is 184 Å². The molecule has 14 nitrogen and oxygen atoms in total. The molecule has 0 saturated carbocycles. The number of nitrogens with two attached hydrogens (primary N) is 1. The Bertz CT molecular complexity index is 569. The van der Waals surface area contributed by atoms with Crippen molar-refractivity contribution in [3.8, 4) is 0 Å². The van der Waals surface area contributed by atoms with Gasteiger partial charge in [-0.1, -0.05) is 6.92 Å². The molecule has 0 unspecified atom stereocenters. The predicted octanol–water partition coefficient (Wildman–Crippen LogP) is -3.84. The first kappa shape index (κ1) is 27.1. The molecule has 2 aliphatic heterocycles. The average Bonchev–Trinajstić information content (AvgIpc) is 2.76. The molecule has 188 valence electrons. The van der Waals surface area contributed by atoms with Crippen LogP contribution in [0.25, 0.3) is 0 Å². The molecule has 0 aromatic rings. The number of ether oxygens (including phenoxy) is 6. The monoisotopic (exact) mass is 471 g/mol. The van der Waals surface area contributed by atoms with Crippen molar-refractivity contribution in [3.63, 3.8) is 0 Å². The highest BCUT2D eigenvalue weighted by atomic mass is 16.8. The fourth-order valence-electron chi connectivity index (χ4n) is 3.40. The molecule has 0 aliphatic carbocycles. The van der Waals surface area contributed by atoms with Gasteiger partial charge in [-0.2, -0.15) is 0 Å². The lowest BCUT2D eigenvalue weighted by Gasteiger charge is -2.46. The van der Waals surface area contributed by atoms with Crippen LogP contribution in [0, 0.1) is 0 Å². The van der Waals surface area contributed by atoms with Gasteiger partial charge in [-0.25, -0.2) is 4.79 Å². The van der Waals surface area contributed by atoms with Crippen LogP contribution in [0.2, 0.25) is 0 Å². The van der Waals surface area contributed by atoms with Crippen LogP contribution >= 0.6 is 0 Å². The lowest BCUT2D eigenvalue weighted by Crippen LogP contribution is -2.65. The van der Waals surface area contributed by atoms with Crippen molar-refractivity contribution in [1.29, 1.82) is 0 Å². The zero-order valence-corrected chi connectivity index (χ0v) is 17.6. The first-order chi connectivity index (χ1) is 15.2. The second kappa shape index (κ2) is 12.9. The minimum absolute atomic E-state index is 0.0188. The molecular weight excluding hydrogens is 438 g/mol. The van der Waals surface area contributed by atoms with E-state index in [-0.39, 0.29) is 13.2 Å². The molecule has 0 bridgehead atoms. The number of rotatable bonds is 11. The van der Waals surface area contributed by atoms with Crippen LogP contribution in [0.1, 0.15) is 13.3 Å². The van der Waals surface area contributed by atoms with Crippen LogP contribution in [-0.2, 0) is 28.4 Å². The van der Waals surface area contributed by atoms with E-state index in [0.717, 1.165) is 6.42 Å². The SMILES string of the molecule is CCCOCCO[C@H]1O[C@@H](CO)[C@@H](O)[C@H](O)[C@@H]1O[C@H]1O[C@H](CO)[C@@H](O)[C@H](OC(N)=O)[C@@H]1O. The maximum atomic E-state index is 11.1. The Morgan fingerprint density at radius 2 is 1.47 bits per heavy atom. The van der Waals surface area contributed by atoms with Gasteiger partial charge in [0.25, 0.3) is 0 Å². The second-order valence-corrected chi connectivity index (χ2v) is 7.40. The summed E-state index contributed by atoms with van der Waals surface area (Å²) in [6.07, 6.45) is -15.6. The average molecular weight is 471 g/mol. The zero-order chi connectivity index (χ0) is 23.8. The fraction of sp³-hybridized carbons (Fsp3) is 0.944. The van der Waals surface area contributed by atoms with E-state index < -0.39 is 80.7 Å². The Morgan fingerprint density at radius 1 is 0.844 bits per heavy atom. The van der Waals surface area contributed by atoms with Crippen molar-refractivity contribution in [2.75, 3.05) is 33.0 Å². The predicted molar refractivity (Wildman–Crippen MR) is 102 cm³/mol. The smallest absolute Gasteiger partial charge is 0.404 e. The number of hydrogen-bond acceptors (Lipinski definition) is 13. The molecule has 0 spiro atoms. The zero-order valence-electron chi connectivity index (χ0n) is 17.6. The van der Waals surface area contributed by atoms with Gasteiger partial charge in [0.2, 0.25) is 0 Å². The molecule has 2 saturated heterocycles. The van der Waals surface area contributed by atoms with E-state index in [1.54, 1.807) is 0 Å². The lowest BCUT2D eigenvalue weighted by atomic mass is 9.97. The summed E-state index contributed by atoms with van der Waals surface area (Å²) < 4.78 is 32.0. The van der Waals surface area contributed by atoms with Crippen LogP contribution in [0.15, 0.2) is 0 Å². The van der Waals surface area contributed by atoms with E-state index in [2.05, 4.69) is 0 Å². The van der Waals surface area contributed by atoms with Gasteiger partial charge >= 0.3 is 6.09 Å². The van der Waals surface area contributed by atoms with Crippen LogP contribution in [-0.4, -0.2) is 131 Å². The van der Waals surface area contributed by atoms with Crippen LogP contribution < -0.4 is 5.73 Å². The molecule has 0 aromatic heterocycles. The number of aliphatic hydroxyl groups is 6. The molecule has 14 heteroatoms. The van der Waals surface area contributed by atoms with Crippen molar-refractivity contribution < 1.29 is 63.9 Å². The standard InChI is InChI=1S/C18H33NO13/c1-2-3-27-4-5-28-17-15(12(24)10(22)8(6-20)30-17)31-16-13(25)14(32-18(19)26)11(23)9(7-21)29-16/h8-17,20-25H,2-7H2,1H3,(H2,19,26)/t8-,9+,10+,11+,12-,13-,14-,15-,16+,17-/m0/s1. The second-order valence-electron chi connectivity index (χ2n) is 7.40. The highest BCUT2D eigenvalue weighted by molar-refractivity contribution is 5.65. The molecule has 10 atom stereocenters. The van der Waals surface area contributed by atoms with Gasteiger partial charge in [0, 0.05) is 6.61 Å². The van der Waals surface area contributed by atoms with E-state index in [4.69, 9.17) is 34.2 Å². The first-order valence-corrected chi connectivity index (χ1v) is 10.3. The molecular formula is C18H33NO13. The molecule has 2 rings (SSSR count). The molecule has 2 aliphatic rings. The third-order valence-corrected chi connectivity index (χ3v) is 5.05.